The molecule has 4 fully saturated rings. The lowest BCUT2D eigenvalue weighted by atomic mass is 9.54. The molecular formula is C17H25N3OS. The molecule has 120 valence electrons. The molecule has 4 saturated carbocycles. The monoisotopic (exact) mass is 319 g/mol. The van der Waals surface area contributed by atoms with E-state index in [1.807, 2.05) is 17.3 Å². The number of hydrogen-bond acceptors (Lipinski definition) is 4. The van der Waals surface area contributed by atoms with Crippen molar-refractivity contribution < 1.29 is 4.79 Å². The third kappa shape index (κ3) is 2.38. The summed E-state index contributed by atoms with van der Waals surface area (Å²) < 4.78 is 0. The second kappa shape index (κ2) is 5.60. The fourth-order valence-corrected chi connectivity index (χ4v) is 6.28. The molecule has 2 N–H and O–H groups in total. The minimum atomic E-state index is 0.108. The summed E-state index contributed by atoms with van der Waals surface area (Å²) in [6.07, 6.45) is 7.57. The first-order chi connectivity index (χ1) is 10.7. The second-order valence-electron chi connectivity index (χ2n) is 7.50. The summed E-state index contributed by atoms with van der Waals surface area (Å²) in [4.78, 5) is 19.3. The van der Waals surface area contributed by atoms with Crippen molar-refractivity contribution in [3.8, 4) is 0 Å². The average molecular weight is 319 g/mol. The van der Waals surface area contributed by atoms with Crippen molar-refractivity contribution in [3.05, 3.63) is 16.1 Å². The topological polar surface area (TPSA) is 59.2 Å². The minimum absolute atomic E-state index is 0.108. The zero-order valence-electron chi connectivity index (χ0n) is 13.2. The first-order valence-electron chi connectivity index (χ1n) is 8.57. The molecule has 5 rings (SSSR count). The molecule has 1 aromatic heterocycles. The van der Waals surface area contributed by atoms with E-state index < -0.39 is 0 Å². The van der Waals surface area contributed by atoms with Gasteiger partial charge in [0.05, 0.1) is 5.01 Å². The fraction of sp³-hybridized carbons (Fsp3) is 0.765. The Morgan fingerprint density at radius 3 is 2.50 bits per heavy atom. The smallest absolute Gasteiger partial charge is 0.273 e. The van der Waals surface area contributed by atoms with E-state index in [4.69, 9.17) is 5.73 Å². The van der Waals surface area contributed by atoms with Crippen LogP contribution in [0.3, 0.4) is 0 Å². The number of hydrogen-bond donors (Lipinski definition) is 1. The Bertz CT molecular complexity index is 542. The van der Waals surface area contributed by atoms with E-state index in [9.17, 15) is 4.79 Å². The SMILES string of the molecule is CN(C(=O)c1csc(CCN)n1)C1C2CC3CC(C2)CC1C3. The molecule has 0 unspecified atom stereocenters. The number of thiazole rings is 1. The molecule has 0 aliphatic heterocycles. The minimum Gasteiger partial charge on any atom is -0.337 e. The molecule has 1 amide bonds. The van der Waals surface area contributed by atoms with Crippen LogP contribution >= 0.6 is 11.3 Å². The molecule has 5 heteroatoms. The van der Waals surface area contributed by atoms with Crippen LogP contribution in [0.5, 0.6) is 0 Å². The van der Waals surface area contributed by atoms with Crippen molar-refractivity contribution in [2.75, 3.05) is 13.6 Å². The fourth-order valence-electron chi connectivity index (χ4n) is 5.49. The molecule has 0 spiro atoms. The highest BCUT2D eigenvalue weighted by Crippen LogP contribution is 2.55. The van der Waals surface area contributed by atoms with Crippen molar-refractivity contribution in [2.24, 2.45) is 29.4 Å². The van der Waals surface area contributed by atoms with Gasteiger partial charge < -0.3 is 10.6 Å². The molecule has 0 atom stereocenters. The highest BCUT2D eigenvalue weighted by Gasteiger charge is 2.50. The Labute approximate surface area is 136 Å². The molecule has 22 heavy (non-hydrogen) atoms. The van der Waals surface area contributed by atoms with Crippen molar-refractivity contribution in [2.45, 2.75) is 44.6 Å². The molecule has 4 bridgehead atoms. The molecule has 0 saturated heterocycles. The highest BCUT2D eigenvalue weighted by atomic mass is 32.1. The molecular weight excluding hydrogens is 294 g/mol. The van der Waals surface area contributed by atoms with Crippen LogP contribution in [0.4, 0.5) is 0 Å². The maximum atomic E-state index is 12.8. The number of amides is 1. The molecule has 1 aromatic rings. The van der Waals surface area contributed by atoms with Crippen molar-refractivity contribution in [1.29, 1.82) is 0 Å². The van der Waals surface area contributed by atoms with Gasteiger partial charge in [0.1, 0.15) is 5.69 Å². The number of nitrogens with two attached hydrogens (primary N) is 1. The van der Waals surface area contributed by atoms with Crippen LogP contribution in [0.2, 0.25) is 0 Å². The quantitative estimate of drug-likeness (QED) is 0.928. The number of carbonyl (C=O) groups is 1. The average Bonchev–Trinajstić information content (AvgIpc) is 2.94. The van der Waals surface area contributed by atoms with Gasteiger partial charge in [-0.15, -0.1) is 11.3 Å². The third-order valence-corrected chi connectivity index (χ3v) is 6.98. The lowest BCUT2D eigenvalue weighted by molar-refractivity contribution is -0.0492. The number of rotatable bonds is 4. The van der Waals surface area contributed by atoms with Crippen molar-refractivity contribution >= 4 is 17.2 Å². The normalized spacial score (nSPS) is 35.8. The van der Waals surface area contributed by atoms with Crippen LogP contribution in [-0.2, 0) is 6.42 Å². The molecule has 0 radical (unpaired) electrons. The van der Waals surface area contributed by atoms with Gasteiger partial charge in [0, 0.05) is 24.9 Å². The lowest BCUT2D eigenvalue weighted by Crippen LogP contribution is -2.56. The van der Waals surface area contributed by atoms with E-state index in [-0.39, 0.29) is 5.91 Å². The van der Waals surface area contributed by atoms with Gasteiger partial charge in [0.25, 0.3) is 5.91 Å². The zero-order chi connectivity index (χ0) is 15.3. The van der Waals surface area contributed by atoms with Gasteiger partial charge in [-0.25, -0.2) is 4.98 Å². The molecule has 4 aliphatic carbocycles. The van der Waals surface area contributed by atoms with Crippen LogP contribution in [0, 0.1) is 23.7 Å². The van der Waals surface area contributed by atoms with Crippen LogP contribution < -0.4 is 5.73 Å². The molecule has 1 heterocycles. The molecule has 4 aliphatic rings. The van der Waals surface area contributed by atoms with Gasteiger partial charge in [0.15, 0.2) is 0 Å². The zero-order valence-corrected chi connectivity index (χ0v) is 14.0. The summed E-state index contributed by atoms with van der Waals surface area (Å²) in [5.41, 5.74) is 6.19. The highest BCUT2D eigenvalue weighted by molar-refractivity contribution is 7.09. The maximum Gasteiger partial charge on any atom is 0.273 e. The standard InChI is InChI=1S/C17H25N3OS/c1-20(17(21)14-9-22-15(19-14)2-3-18)16-12-5-10-4-11(7-12)8-13(16)6-10/h9-13,16H,2-8,18H2,1H3. The predicted molar refractivity (Wildman–Crippen MR) is 87.8 cm³/mol. The summed E-state index contributed by atoms with van der Waals surface area (Å²) in [5, 5.41) is 2.88. The number of nitrogens with zero attached hydrogens (tertiary/aromatic N) is 2. The van der Waals surface area contributed by atoms with Gasteiger partial charge in [-0.3, -0.25) is 4.79 Å². The Balaban J connectivity index is 1.51. The Morgan fingerprint density at radius 1 is 1.27 bits per heavy atom. The summed E-state index contributed by atoms with van der Waals surface area (Å²) in [6.45, 7) is 0.590. The summed E-state index contributed by atoms with van der Waals surface area (Å²) in [5.74, 6) is 3.45. The number of carbonyl (C=O) groups excluding carboxylic acids is 1. The Kier molecular flexibility index (Phi) is 3.73. The van der Waals surface area contributed by atoms with E-state index in [1.54, 1.807) is 11.3 Å². The number of aromatic nitrogens is 1. The van der Waals surface area contributed by atoms with Gasteiger partial charge in [-0.05, 0) is 62.3 Å². The van der Waals surface area contributed by atoms with E-state index in [0.29, 0.717) is 18.3 Å². The van der Waals surface area contributed by atoms with Gasteiger partial charge in [-0.2, -0.15) is 0 Å². The van der Waals surface area contributed by atoms with Gasteiger partial charge in [-0.1, -0.05) is 0 Å². The predicted octanol–water partition coefficient (Wildman–Crippen LogP) is 2.54. The van der Waals surface area contributed by atoms with E-state index in [0.717, 1.165) is 35.1 Å². The summed E-state index contributed by atoms with van der Waals surface area (Å²) in [7, 11) is 2.00. The molecule has 0 aromatic carbocycles. The maximum absolute atomic E-state index is 12.8. The van der Waals surface area contributed by atoms with Crippen LogP contribution in [-0.4, -0.2) is 35.4 Å². The Hall–Kier alpha value is -0.940. The summed E-state index contributed by atoms with van der Waals surface area (Å²) in [6, 6.07) is 0.444. The first kappa shape index (κ1) is 14.6. The van der Waals surface area contributed by atoms with Gasteiger partial charge in [0.2, 0.25) is 0 Å². The summed E-state index contributed by atoms with van der Waals surface area (Å²) >= 11 is 1.56. The van der Waals surface area contributed by atoms with E-state index >= 15 is 0 Å². The Morgan fingerprint density at radius 2 is 1.91 bits per heavy atom. The largest absolute Gasteiger partial charge is 0.337 e. The first-order valence-corrected chi connectivity index (χ1v) is 9.45. The van der Waals surface area contributed by atoms with Crippen LogP contribution in [0.1, 0.15) is 47.6 Å². The van der Waals surface area contributed by atoms with Gasteiger partial charge >= 0.3 is 0 Å². The lowest BCUT2D eigenvalue weighted by Gasteiger charge is -2.56. The third-order valence-electron chi connectivity index (χ3n) is 6.07. The second-order valence-corrected chi connectivity index (χ2v) is 8.45. The van der Waals surface area contributed by atoms with E-state index in [1.165, 1.54) is 32.1 Å². The van der Waals surface area contributed by atoms with E-state index in [2.05, 4.69) is 4.98 Å². The van der Waals surface area contributed by atoms with Crippen LogP contribution in [0.25, 0.3) is 0 Å². The van der Waals surface area contributed by atoms with Crippen molar-refractivity contribution in [3.63, 3.8) is 0 Å². The van der Waals surface area contributed by atoms with Crippen molar-refractivity contribution in [1.82, 2.24) is 9.88 Å². The van der Waals surface area contributed by atoms with Crippen LogP contribution in [0.15, 0.2) is 5.38 Å². The molecule has 4 nitrogen and oxygen atoms in total.